The Morgan fingerprint density at radius 1 is 1.16 bits per heavy atom. The van der Waals surface area contributed by atoms with Gasteiger partial charge in [0.15, 0.2) is 0 Å². The van der Waals surface area contributed by atoms with E-state index in [0.29, 0.717) is 28.1 Å². The van der Waals surface area contributed by atoms with Gasteiger partial charge in [0, 0.05) is 26.8 Å². The van der Waals surface area contributed by atoms with Crippen molar-refractivity contribution in [2.75, 3.05) is 11.2 Å². The maximum atomic E-state index is 13.1. The number of fused-ring (bicyclic) bond motifs is 1. The zero-order valence-electron chi connectivity index (χ0n) is 16.8. The van der Waals surface area contributed by atoms with Crippen LogP contribution in [0.2, 0.25) is 5.02 Å². The Bertz CT molecular complexity index is 1270. The number of benzene rings is 2. The lowest BCUT2D eigenvalue weighted by atomic mass is 10.0. The average molecular weight is 470 g/mol. The number of carbonyl (C=O) groups is 1. The molecule has 1 N–H and O–H groups in total. The van der Waals surface area contributed by atoms with E-state index in [1.165, 1.54) is 22.3 Å². The summed E-state index contributed by atoms with van der Waals surface area (Å²) in [4.78, 5) is 32.7. The van der Waals surface area contributed by atoms with Crippen molar-refractivity contribution in [2.24, 2.45) is 0 Å². The number of carbonyl (C=O) groups excluding carboxylic acids is 1. The molecule has 0 aliphatic carbocycles. The highest BCUT2D eigenvalue weighted by molar-refractivity contribution is 7.99. The fourth-order valence-corrected chi connectivity index (χ4v) is 5.26. The van der Waals surface area contributed by atoms with Crippen molar-refractivity contribution in [1.29, 1.82) is 0 Å². The van der Waals surface area contributed by atoms with Crippen LogP contribution in [0.25, 0.3) is 21.3 Å². The largest absolute Gasteiger partial charge is 0.281 e. The third-order valence-corrected chi connectivity index (χ3v) is 7.09. The molecule has 0 atom stereocenters. The highest BCUT2D eigenvalue weighted by atomic mass is 35.5. The first-order valence-electron chi connectivity index (χ1n) is 9.77. The first-order chi connectivity index (χ1) is 15.0. The van der Waals surface area contributed by atoms with Crippen molar-refractivity contribution < 1.29 is 4.79 Å². The summed E-state index contributed by atoms with van der Waals surface area (Å²) >= 11 is 9.04. The zero-order valence-corrected chi connectivity index (χ0v) is 19.2. The van der Waals surface area contributed by atoms with Crippen molar-refractivity contribution >= 4 is 50.8 Å². The van der Waals surface area contributed by atoms with Crippen molar-refractivity contribution in [3.63, 3.8) is 0 Å². The Hall–Kier alpha value is -2.61. The van der Waals surface area contributed by atoms with Gasteiger partial charge in [-0.05, 0) is 48.9 Å². The van der Waals surface area contributed by atoms with Crippen LogP contribution in [-0.2, 0) is 4.79 Å². The van der Waals surface area contributed by atoms with Crippen LogP contribution >= 0.6 is 34.7 Å². The van der Waals surface area contributed by atoms with E-state index in [-0.39, 0.29) is 11.5 Å². The second-order valence-corrected chi connectivity index (χ2v) is 9.75. The molecular formula is C23H20ClN3O2S2. The molecule has 0 saturated carbocycles. The molecular weight excluding hydrogens is 450 g/mol. The molecule has 0 saturated heterocycles. The van der Waals surface area contributed by atoms with Crippen molar-refractivity contribution in [3.8, 4) is 11.1 Å². The van der Waals surface area contributed by atoms with Gasteiger partial charge in [-0.2, -0.15) is 0 Å². The number of rotatable bonds is 7. The fraction of sp³-hybridized carbons (Fsp3) is 0.174. The first kappa shape index (κ1) is 21.6. The topological polar surface area (TPSA) is 64.0 Å². The minimum absolute atomic E-state index is 0.215. The zero-order chi connectivity index (χ0) is 21.8. The maximum absolute atomic E-state index is 13.1. The van der Waals surface area contributed by atoms with Crippen LogP contribution in [-0.4, -0.2) is 21.3 Å². The molecule has 0 aliphatic heterocycles. The highest BCUT2D eigenvalue weighted by Gasteiger charge is 2.17. The number of thioether (sulfide) groups is 1. The molecule has 2 heterocycles. The molecule has 0 fully saturated rings. The van der Waals surface area contributed by atoms with Crippen LogP contribution in [0, 0.1) is 6.92 Å². The second kappa shape index (κ2) is 9.68. The Kier molecular flexibility index (Phi) is 6.75. The lowest BCUT2D eigenvalue weighted by molar-refractivity contribution is -0.117. The molecule has 4 aromatic rings. The molecule has 31 heavy (non-hydrogen) atoms. The Labute approximate surface area is 193 Å². The van der Waals surface area contributed by atoms with Crippen LogP contribution < -0.4 is 11.0 Å². The van der Waals surface area contributed by atoms with Crippen LogP contribution in [0.15, 0.2) is 70.6 Å². The van der Waals surface area contributed by atoms with E-state index < -0.39 is 0 Å². The van der Waals surface area contributed by atoms with Gasteiger partial charge in [-0.15, -0.1) is 23.1 Å². The molecule has 2 aromatic heterocycles. The fourth-order valence-electron chi connectivity index (χ4n) is 3.28. The number of nitrogens with one attached hydrogen (secondary N) is 1. The number of thiophene rings is 1. The number of aromatic nitrogens is 2. The van der Waals surface area contributed by atoms with E-state index in [4.69, 9.17) is 11.6 Å². The van der Waals surface area contributed by atoms with Gasteiger partial charge >= 0.3 is 0 Å². The molecule has 158 valence electrons. The standard InChI is InChI=1S/C23H20ClN3O2S2/c1-15-20(16-6-3-2-4-7-16)21-22(31-15)25-14-27(23(21)29)26-19(28)8-5-13-30-18-11-9-17(24)10-12-18/h2-4,6-7,9-12,14H,5,8,13H2,1H3,(H,26,28). The normalized spacial score (nSPS) is 11.0. The van der Waals surface area contributed by atoms with Gasteiger partial charge in [0.25, 0.3) is 5.56 Å². The van der Waals surface area contributed by atoms with E-state index in [1.807, 2.05) is 61.5 Å². The van der Waals surface area contributed by atoms with E-state index in [9.17, 15) is 9.59 Å². The Morgan fingerprint density at radius 2 is 1.90 bits per heavy atom. The molecule has 0 bridgehead atoms. The van der Waals surface area contributed by atoms with Crippen LogP contribution in [0.5, 0.6) is 0 Å². The van der Waals surface area contributed by atoms with Gasteiger partial charge in [0.2, 0.25) is 5.91 Å². The molecule has 2 aromatic carbocycles. The van der Waals surface area contributed by atoms with Gasteiger partial charge < -0.3 is 0 Å². The molecule has 8 heteroatoms. The van der Waals surface area contributed by atoms with Crippen LogP contribution in [0.3, 0.4) is 0 Å². The highest BCUT2D eigenvalue weighted by Crippen LogP contribution is 2.35. The lowest BCUT2D eigenvalue weighted by Crippen LogP contribution is -2.33. The van der Waals surface area contributed by atoms with Crippen molar-refractivity contribution in [1.82, 2.24) is 9.66 Å². The van der Waals surface area contributed by atoms with Gasteiger partial charge in [-0.3, -0.25) is 15.0 Å². The number of aryl methyl sites for hydroxylation is 1. The summed E-state index contributed by atoms with van der Waals surface area (Å²) in [5.74, 6) is 0.580. The third-order valence-electron chi connectivity index (χ3n) is 4.73. The monoisotopic (exact) mass is 469 g/mol. The van der Waals surface area contributed by atoms with Crippen molar-refractivity contribution in [2.45, 2.75) is 24.7 Å². The molecule has 0 unspecified atom stereocenters. The first-order valence-corrected chi connectivity index (χ1v) is 12.0. The van der Waals surface area contributed by atoms with E-state index >= 15 is 0 Å². The molecule has 5 nitrogen and oxygen atoms in total. The van der Waals surface area contributed by atoms with Crippen LogP contribution in [0.4, 0.5) is 0 Å². The Morgan fingerprint density at radius 3 is 2.65 bits per heavy atom. The third kappa shape index (κ3) is 5.01. The second-order valence-electron chi connectivity index (χ2n) is 6.94. The predicted molar refractivity (Wildman–Crippen MR) is 130 cm³/mol. The number of amides is 1. The number of hydrogen-bond donors (Lipinski definition) is 1. The van der Waals surface area contributed by atoms with Crippen molar-refractivity contribution in [3.05, 3.63) is 81.2 Å². The summed E-state index contributed by atoms with van der Waals surface area (Å²) in [6.07, 6.45) is 2.39. The molecule has 0 spiro atoms. The SMILES string of the molecule is Cc1sc2ncn(NC(=O)CCCSc3ccc(Cl)cc3)c(=O)c2c1-c1ccccc1. The lowest BCUT2D eigenvalue weighted by Gasteiger charge is -2.08. The van der Waals surface area contributed by atoms with E-state index in [1.54, 1.807) is 11.8 Å². The molecule has 0 aliphatic rings. The smallest absolute Gasteiger partial charge is 0.273 e. The number of nitrogens with zero attached hydrogens (tertiary/aromatic N) is 2. The summed E-state index contributed by atoms with van der Waals surface area (Å²) in [6.45, 7) is 1.98. The maximum Gasteiger partial charge on any atom is 0.281 e. The van der Waals surface area contributed by atoms with Gasteiger partial charge in [0.05, 0.1) is 5.39 Å². The van der Waals surface area contributed by atoms with Crippen LogP contribution in [0.1, 0.15) is 17.7 Å². The Balaban J connectivity index is 1.45. The summed E-state index contributed by atoms with van der Waals surface area (Å²) in [7, 11) is 0. The van der Waals surface area contributed by atoms with Gasteiger partial charge in [-0.25, -0.2) is 9.66 Å². The minimum Gasteiger partial charge on any atom is -0.273 e. The van der Waals surface area contributed by atoms with Gasteiger partial charge in [0.1, 0.15) is 11.2 Å². The summed E-state index contributed by atoms with van der Waals surface area (Å²) in [6, 6.07) is 17.4. The molecule has 4 rings (SSSR count). The summed E-state index contributed by atoms with van der Waals surface area (Å²) < 4.78 is 1.19. The molecule has 1 amide bonds. The van der Waals surface area contributed by atoms with E-state index in [0.717, 1.165) is 26.7 Å². The summed E-state index contributed by atoms with van der Waals surface area (Å²) in [5.41, 5.74) is 4.25. The number of halogens is 1. The quantitative estimate of drug-likeness (QED) is 0.277. The summed E-state index contributed by atoms with van der Waals surface area (Å²) in [5, 5.41) is 1.24. The minimum atomic E-state index is -0.267. The molecule has 0 radical (unpaired) electrons. The number of hydrogen-bond acceptors (Lipinski definition) is 5. The van der Waals surface area contributed by atoms with Gasteiger partial charge in [-0.1, -0.05) is 41.9 Å². The van der Waals surface area contributed by atoms with E-state index in [2.05, 4.69) is 10.4 Å². The average Bonchev–Trinajstić information content (AvgIpc) is 3.12. The predicted octanol–water partition coefficient (Wildman–Crippen LogP) is 5.73.